The van der Waals surface area contributed by atoms with Gasteiger partial charge < -0.3 is 13.9 Å². The number of hydrogen-bond donors (Lipinski definition) is 0. The SMILES string of the molecule is C[C@H]1Cn2c(c(-c3ccc(F)c(F)c3)c3ncc(F)cc32)C(=O)N1CCO[Si](C)(C)C(C)(C)C. The first kappa shape index (κ1) is 24.5. The van der Waals surface area contributed by atoms with Gasteiger partial charge in [0.2, 0.25) is 0 Å². The van der Waals surface area contributed by atoms with Gasteiger partial charge in [-0.3, -0.25) is 9.78 Å². The van der Waals surface area contributed by atoms with Crippen LogP contribution in [-0.2, 0) is 11.0 Å². The normalized spacial score (nSPS) is 16.9. The first-order valence-electron chi connectivity index (χ1n) is 11.4. The number of amides is 1. The van der Waals surface area contributed by atoms with Crippen molar-refractivity contribution in [3.05, 3.63) is 53.6 Å². The van der Waals surface area contributed by atoms with Crippen molar-refractivity contribution < 1.29 is 22.4 Å². The Balaban J connectivity index is 1.76. The second-order valence-corrected chi connectivity index (χ2v) is 15.3. The van der Waals surface area contributed by atoms with Gasteiger partial charge in [-0.05, 0) is 42.8 Å². The molecule has 0 bridgehead atoms. The average molecular weight is 490 g/mol. The Labute approximate surface area is 198 Å². The number of pyridine rings is 1. The molecule has 4 rings (SSSR count). The van der Waals surface area contributed by atoms with Crippen LogP contribution in [0.4, 0.5) is 13.2 Å². The monoisotopic (exact) mass is 489 g/mol. The first-order chi connectivity index (χ1) is 15.8. The zero-order chi connectivity index (χ0) is 25.0. The summed E-state index contributed by atoms with van der Waals surface area (Å²) in [6.07, 6.45) is 1.07. The van der Waals surface area contributed by atoms with Crippen molar-refractivity contribution in [2.24, 2.45) is 0 Å². The zero-order valence-electron chi connectivity index (χ0n) is 20.4. The quantitative estimate of drug-likeness (QED) is 0.414. The van der Waals surface area contributed by atoms with E-state index in [1.54, 1.807) is 9.47 Å². The predicted molar refractivity (Wildman–Crippen MR) is 129 cm³/mol. The van der Waals surface area contributed by atoms with E-state index >= 15 is 0 Å². The van der Waals surface area contributed by atoms with Gasteiger partial charge in [0, 0.05) is 30.8 Å². The molecule has 0 spiro atoms. The molecule has 182 valence electrons. The summed E-state index contributed by atoms with van der Waals surface area (Å²) >= 11 is 0. The molecule has 2 aromatic heterocycles. The van der Waals surface area contributed by atoms with Gasteiger partial charge >= 0.3 is 0 Å². The second-order valence-electron chi connectivity index (χ2n) is 10.4. The Kier molecular flexibility index (Phi) is 6.14. The Bertz CT molecular complexity index is 1270. The number of benzene rings is 1. The number of nitrogens with zero attached hydrogens (tertiary/aromatic N) is 3. The Morgan fingerprint density at radius 2 is 1.85 bits per heavy atom. The van der Waals surface area contributed by atoms with Gasteiger partial charge in [-0.1, -0.05) is 26.8 Å². The Morgan fingerprint density at radius 1 is 1.15 bits per heavy atom. The summed E-state index contributed by atoms with van der Waals surface area (Å²) in [6.45, 7) is 14.0. The summed E-state index contributed by atoms with van der Waals surface area (Å²) in [5.41, 5.74) is 1.82. The maximum absolute atomic E-state index is 14.1. The summed E-state index contributed by atoms with van der Waals surface area (Å²) in [4.78, 5) is 19.7. The first-order valence-corrected chi connectivity index (χ1v) is 14.3. The number of carbonyl (C=O) groups is 1. The number of aromatic nitrogens is 2. The molecule has 5 nitrogen and oxygen atoms in total. The van der Waals surface area contributed by atoms with Crippen LogP contribution >= 0.6 is 0 Å². The second kappa shape index (κ2) is 8.53. The molecule has 1 aliphatic rings. The smallest absolute Gasteiger partial charge is 0.271 e. The molecule has 0 fully saturated rings. The molecule has 1 aliphatic heterocycles. The molecule has 34 heavy (non-hydrogen) atoms. The molecule has 0 saturated heterocycles. The van der Waals surface area contributed by atoms with E-state index in [1.807, 2.05) is 6.92 Å². The van der Waals surface area contributed by atoms with Crippen molar-refractivity contribution in [3.8, 4) is 11.1 Å². The van der Waals surface area contributed by atoms with E-state index in [-0.39, 0.29) is 17.0 Å². The molecular formula is C25H30F3N3O2Si. The van der Waals surface area contributed by atoms with E-state index in [1.165, 1.54) is 12.1 Å². The molecular weight excluding hydrogens is 459 g/mol. The van der Waals surface area contributed by atoms with Crippen LogP contribution in [0.15, 0.2) is 30.5 Å². The van der Waals surface area contributed by atoms with Crippen LogP contribution in [0.25, 0.3) is 22.2 Å². The zero-order valence-corrected chi connectivity index (χ0v) is 21.4. The number of fused-ring (bicyclic) bond motifs is 3. The van der Waals surface area contributed by atoms with Crippen molar-refractivity contribution in [3.63, 3.8) is 0 Å². The third-order valence-corrected chi connectivity index (χ3v) is 11.7. The fourth-order valence-corrected chi connectivity index (χ4v) is 5.20. The van der Waals surface area contributed by atoms with E-state index in [0.29, 0.717) is 47.6 Å². The molecule has 1 atom stereocenters. The highest BCUT2D eigenvalue weighted by Crippen LogP contribution is 2.39. The van der Waals surface area contributed by atoms with Gasteiger partial charge in [0.05, 0.1) is 23.8 Å². The lowest BCUT2D eigenvalue weighted by atomic mass is 10.0. The standard InChI is InChI=1S/C25H30F3N3O2Si/c1-15-14-31-20-12-17(26)13-29-22(20)21(16-7-8-18(27)19(28)11-16)23(31)24(32)30(15)9-10-33-34(5,6)25(2,3)4/h7-8,11-13,15H,9-10,14H2,1-6H3/t15-/m0/s1. The van der Waals surface area contributed by atoms with E-state index in [9.17, 15) is 18.0 Å². The summed E-state index contributed by atoms with van der Waals surface area (Å²) in [6, 6.07) is 4.64. The molecule has 1 amide bonds. The highest BCUT2D eigenvalue weighted by molar-refractivity contribution is 6.74. The van der Waals surface area contributed by atoms with Crippen molar-refractivity contribution in [1.29, 1.82) is 0 Å². The highest BCUT2D eigenvalue weighted by Gasteiger charge is 2.39. The molecule has 0 aliphatic carbocycles. The number of rotatable bonds is 5. The van der Waals surface area contributed by atoms with Crippen molar-refractivity contribution >= 4 is 25.3 Å². The van der Waals surface area contributed by atoms with Crippen LogP contribution in [0.3, 0.4) is 0 Å². The summed E-state index contributed by atoms with van der Waals surface area (Å²) in [7, 11) is -1.99. The predicted octanol–water partition coefficient (Wildman–Crippen LogP) is 5.99. The maximum Gasteiger partial charge on any atom is 0.271 e. The van der Waals surface area contributed by atoms with Gasteiger partial charge in [0.25, 0.3) is 5.91 Å². The van der Waals surface area contributed by atoms with Crippen molar-refractivity contribution in [1.82, 2.24) is 14.5 Å². The van der Waals surface area contributed by atoms with Gasteiger partial charge in [-0.15, -0.1) is 0 Å². The lowest BCUT2D eigenvalue weighted by Gasteiger charge is -2.39. The fraction of sp³-hybridized carbons (Fsp3) is 0.440. The van der Waals surface area contributed by atoms with Gasteiger partial charge in [0.15, 0.2) is 20.0 Å². The van der Waals surface area contributed by atoms with Gasteiger partial charge in [-0.25, -0.2) is 13.2 Å². The minimum absolute atomic E-state index is 0.0481. The highest BCUT2D eigenvalue weighted by atomic mass is 28.4. The lowest BCUT2D eigenvalue weighted by molar-refractivity contribution is 0.0578. The third kappa shape index (κ3) is 4.15. The Morgan fingerprint density at radius 3 is 2.50 bits per heavy atom. The van der Waals surface area contributed by atoms with Crippen LogP contribution in [0.5, 0.6) is 0 Å². The molecule has 9 heteroatoms. The Hall–Kier alpha value is -2.65. The van der Waals surface area contributed by atoms with Gasteiger partial charge in [-0.2, -0.15) is 0 Å². The third-order valence-electron chi connectivity index (χ3n) is 7.12. The number of halogens is 3. The van der Waals surface area contributed by atoms with E-state index in [2.05, 4.69) is 38.8 Å². The lowest BCUT2D eigenvalue weighted by Crippen LogP contribution is -2.49. The molecule has 0 unspecified atom stereocenters. The number of carbonyl (C=O) groups excluding carboxylic acids is 1. The molecule has 0 radical (unpaired) electrons. The van der Waals surface area contributed by atoms with E-state index < -0.39 is 25.8 Å². The topological polar surface area (TPSA) is 47.4 Å². The minimum atomic E-state index is -1.99. The molecule has 0 saturated carbocycles. The average Bonchev–Trinajstić information content (AvgIpc) is 3.05. The van der Waals surface area contributed by atoms with Crippen molar-refractivity contribution in [2.75, 3.05) is 13.2 Å². The fourth-order valence-electron chi connectivity index (χ4n) is 4.17. The van der Waals surface area contributed by atoms with Crippen LogP contribution in [0.1, 0.15) is 38.2 Å². The summed E-state index contributed by atoms with van der Waals surface area (Å²) < 4.78 is 49.8. The largest absolute Gasteiger partial charge is 0.415 e. The van der Waals surface area contributed by atoms with E-state index in [4.69, 9.17) is 4.43 Å². The molecule has 3 aromatic rings. The van der Waals surface area contributed by atoms with Crippen LogP contribution in [0, 0.1) is 17.5 Å². The maximum atomic E-state index is 14.1. The van der Waals surface area contributed by atoms with Crippen molar-refractivity contribution in [2.45, 2.75) is 58.4 Å². The molecule has 0 N–H and O–H groups in total. The van der Waals surface area contributed by atoms with Crippen LogP contribution < -0.4 is 0 Å². The van der Waals surface area contributed by atoms with Gasteiger partial charge in [0.1, 0.15) is 11.5 Å². The van der Waals surface area contributed by atoms with Crippen LogP contribution in [0.2, 0.25) is 18.1 Å². The summed E-state index contributed by atoms with van der Waals surface area (Å²) in [5, 5.41) is 0.0481. The minimum Gasteiger partial charge on any atom is -0.415 e. The van der Waals surface area contributed by atoms with E-state index in [0.717, 1.165) is 18.3 Å². The summed E-state index contributed by atoms with van der Waals surface area (Å²) in [5.74, 6) is -2.81. The molecule has 1 aromatic carbocycles. The number of hydrogen-bond acceptors (Lipinski definition) is 3. The van der Waals surface area contributed by atoms with Crippen LogP contribution in [-0.4, -0.2) is 47.9 Å². The molecule has 3 heterocycles.